The third-order valence-electron chi connectivity index (χ3n) is 5.05. The van der Waals surface area contributed by atoms with E-state index in [0.717, 1.165) is 44.7 Å². The largest absolute Gasteiger partial charge is 0.384 e. The van der Waals surface area contributed by atoms with Crippen LogP contribution in [0.4, 0.5) is 5.69 Å². The molecule has 6 heteroatoms. The van der Waals surface area contributed by atoms with Crippen molar-refractivity contribution >= 4 is 38.7 Å². The smallest absolute Gasteiger partial charge is 0.161 e. The number of hydrogen-bond donors (Lipinski definition) is 1. The zero-order valence-corrected chi connectivity index (χ0v) is 17.2. The van der Waals surface area contributed by atoms with Crippen molar-refractivity contribution in [3.63, 3.8) is 0 Å². The van der Waals surface area contributed by atoms with Gasteiger partial charge in [-0.3, -0.25) is 9.69 Å². The molecular formula is C21H18BrN3OS. The maximum atomic E-state index is 13.0. The lowest BCUT2D eigenvalue weighted by atomic mass is 9.78. The number of thiophene rings is 1. The molecule has 2 aromatic rings. The standard InChI is InChI=1S/C21H18BrN3OS/c1-12-4-2-5-14(8-12)25-16-6-3-7-17(26)20(16)19(15(10-23)21(25)24)18-9-13(22)11-27-18/h2,4-5,8-9,11,19H,3,6-7,24H2,1H3/t19-/m0/s1. The zero-order chi connectivity index (χ0) is 19.1. The second kappa shape index (κ2) is 6.99. The summed E-state index contributed by atoms with van der Waals surface area (Å²) in [5.41, 5.74) is 10.6. The first-order valence-electron chi connectivity index (χ1n) is 8.78. The number of benzene rings is 1. The van der Waals surface area contributed by atoms with Crippen LogP contribution in [-0.2, 0) is 4.79 Å². The molecule has 4 nitrogen and oxygen atoms in total. The van der Waals surface area contributed by atoms with E-state index in [1.54, 1.807) is 11.3 Å². The van der Waals surface area contributed by atoms with E-state index >= 15 is 0 Å². The second-order valence-electron chi connectivity index (χ2n) is 6.82. The Bertz CT molecular complexity index is 1040. The summed E-state index contributed by atoms with van der Waals surface area (Å²) in [6.07, 6.45) is 2.09. The van der Waals surface area contributed by atoms with Gasteiger partial charge < -0.3 is 5.73 Å². The van der Waals surface area contributed by atoms with Gasteiger partial charge in [0.25, 0.3) is 0 Å². The molecule has 1 aliphatic carbocycles. The Morgan fingerprint density at radius 2 is 2.15 bits per heavy atom. The van der Waals surface area contributed by atoms with E-state index in [1.807, 2.05) is 47.5 Å². The summed E-state index contributed by atoms with van der Waals surface area (Å²) in [4.78, 5) is 15.8. The van der Waals surface area contributed by atoms with Crippen LogP contribution in [-0.4, -0.2) is 5.78 Å². The van der Waals surface area contributed by atoms with E-state index in [4.69, 9.17) is 5.73 Å². The van der Waals surface area contributed by atoms with Crippen LogP contribution in [0.2, 0.25) is 0 Å². The van der Waals surface area contributed by atoms with Crippen LogP contribution >= 0.6 is 27.3 Å². The van der Waals surface area contributed by atoms with Gasteiger partial charge in [0.05, 0.1) is 17.6 Å². The minimum absolute atomic E-state index is 0.115. The molecule has 4 rings (SSSR count). The van der Waals surface area contributed by atoms with Crippen molar-refractivity contribution in [1.82, 2.24) is 0 Å². The predicted octanol–water partition coefficient (Wildman–Crippen LogP) is 5.12. The molecule has 2 N–H and O–H groups in total. The number of rotatable bonds is 2. The molecule has 0 unspecified atom stereocenters. The summed E-state index contributed by atoms with van der Waals surface area (Å²) in [7, 11) is 0. The molecule has 0 spiro atoms. The number of nitrogens with zero attached hydrogens (tertiary/aromatic N) is 2. The third-order valence-corrected chi connectivity index (χ3v) is 6.80. The fourth-order valence-electron chi connectivity index (χ4n) is 3.91. The maximum absolute atomic E-state index is 13.0. The molecule has 0 bridgehead atoms. The molecular weight excluding hydrogens is 422 g/mol. The van der Waals surface area contributed by atoms with Gasteiger partial charge in [0.15, 0.2) is 5.78 Å². The SMILES string of the molecule is Cc1cccc(N2C(N)=C(C#N)[C@@H](c3cc(Br)cs3)C3=C2CCCC3=O)c1. The molecule has 136 valence electrons. The van der Waals surface area contributed by atoms with E-state index in [0.29, 0.717) is 17.8 Å². The second-order valence-corrected chi connectivity index (χ2v) is 8.68. The predicted molar refractivity (Wildman–Crippen MR) is 111 cm³/mol. The Hall–Kier alpha value is -2.36. The number of carbonyl (C=O) groups is 1. The average molecular weight is 440 g/mol. The van der Waals surface area contributed by atoms with Crippen molar-refractivity contribution < 1.29 is 4.79 Å². The number of aryl methyl sites for hydroxylation is 1. The van der Waals surface area contributed by atoms with Crippen molar-refractivity contribution in [3.8, 4) is 6.07 Å². The van der Waals surface area contributed by atoms with Gasteiger partial charge in [0.2, 0.25) is 0 Å². The van der Waals surface area contributed by atoms with Crippen molar-refractivity contribution in [2.24, 2.45) is 5.73 Å². The Labute approximate surface area is 170 Å². The Balaban J connectivity index is 1.97. The summed E-state index contributed by atoms with van der Waals surface area (Å²) >= 11 is 5.03. The molecule has 0 fully saturated rings. The highest BCUT2D eigenvalue weighted by atomic mass is 79.9. The average Bonchev–Trinajstić information content (AvgIpc) is 3.07. The van der Waals surface area contributed by atoms with E-state index in [2.05, 4.69) is 22.0 Å². The molecule has 0 saturated carbocycles. The van der Waals surface area contributed by atoms with Crippen molar-refractivity contribution in [3.05, 3.63) is 73.3 Å². The number of ketones is 1. The van der Waals surface area contributed by atoms with Crippen LogP contribution in [0.5, 0.6) is 0 Å². The monoisotopic (exact) mass is 439 g/mol. The Kier molecular flexibility index (Phi) is 4.67. The van der Waals surface area contributed by atoms with Crippen LogP contribution in [0.1, 0.15) is 35.6 Å². The maximum Gasteiger partial charge on any atom is 0.161 e. The molecule has 1 atom stereocenters. The first kappa shape index (κ1) is 18.0. The molecule has 2 heterocycles. The molecule has 1 aromatic carbocycles. The van der Waals surface area contributed by atoms with Gasteiger partial charge in [0, 0.05) is 38.1 Å². The molecule has 1 aliphatic heterocycles. The van der Waals surface area contributed by atoms with Gasteiger partial charge in [-0.2, -0.15) is 5.26 Å². The minimum Gasteiger partial charge on any atom is -0.384 e. The number of hydrogen-bond acceptors (Lipinski definition) is 5. The number of anilines is 1. The first-order valence-corrected chi connectivity index (χ1v) is 10.4. The number of halogens is 1. The topological polar surface area (TPSA) is 70.1 Å². The lowest BCUT2D eigenvalue weighted by Gasteiger charge is -2.39. The van der Waals surface area contributed by atoms with Gasteiger partial charge in [-0.1, -0.05) is 12.1 Å². The highest BCUT2D eigenvalue weighted by molar-refractivity contribution is 9.10. The minimum atomic E-state index is -0.379. The number of carbonyl (C=O) groups excluding carboxylic acids is 1. The molecule has 0 saturated heterocycles. The Morgan fingerprint density at radius 3 is 2.81 bits per heavy atom. The molecule has 27 heavy (non-hydrogen) atoms. The van der Waals surface area contributed by atoms with Crippen molar-refractivity contribution in [2.75, 3.05) is 4.90 Å². The molecule has 2 aliphatic rings. The zero-order valence-electron chi connectivity index (χ0n) is 14.8. The van der Waals surface area contributed by atoms with Gasteiger partial charge in [-0.25, -0.2) is 0 Å². The number of nitrogens with two attached hydrogens (primary N) is 1. The Morgan fingerprint density at radius 1 is 1.33 bits per heavy atom. The summed E-state index contributed by atoms with van der Waals surface area (Å²) in [6.45, 7) is 2.02. The summed E-state index contributed by atoms with van der Waals surface area (Å²) < 4.78 is 0.949. The normalized spacial score (nSPS) is 20.0. The van der Waals surface area contributed by atoms with E-state index in [9.17, 15) is 10.1 Å². The highest BCUT2D eigenvalue weighted by Gasteiger charge is 2.40. The van der Waals surface area contributed by atoms with Crippen molar-refractivity contribution in [2.45, 2.75) is 32.1 Å². The van der Waals surface area contributed by atoms with E-state index < -0.39 is 0 Å². The molecule has 0 amide bonds. The number of Topliss-reactive ketones (excluding diaryl/α,β-unsaturated/α-hetero) is 1. The number of nitriles is 1. The summed E-state index contributed by atoms with van der Waals surface area (Å²) in [5, 5.41) is 11.9. The third kappa shape index (κ3) is 3.01. The van der Waals surface area contributed by atoms with Crippen molar-refractivity contribution in [1.29, 1.82) is 5.26 Å². The van der Waals surface area contributed by atoms with E-state index in [1.165, 1.54) is 0 Å². The van der Waals surface area contributed by atoms with Gasteiger partial charge >= 0.3 is 0 Å². The van der Waals surface area contributed by atoms with Crippen LogP contribution in [0, 0.1) is 18.3 Å². The van der Waals surface area contributed by atoms with E-state index in [-0.39, 0.29) is 11.7 Å². The summed E-state index contributed by atoms with van der Waals surface area (Å²) in [6, 6.07) is 12.3. The lowest BCUT2D eigenvalue weighted by Crippen LogP contribution is -2.38. The summed E-state index contributed by atoms with van der Waals surface area (Å²) in [5.74, 6) is 0.157. The fourth-order valence-corrected chi connectivity index (χ4v) is 5.47. The number of allylic oxidation sites excluding steroid dienone is 3. The van der Waals surface area contributed by atoms with Crippen LogP contribution in [0.3, 0.4) is 0 Å². The van der Waals surface area contributed by atoms with Gasteiger partial charge in [-0.05, 0) is 59.5 Å². The first-order chi connectivity index (χ1) is 13.0. The van der Waals surface area contributed by atoms with Gasteiger partial charge in [0.1, 0.15) is 5.82 Å². The van der Waals surface area contributed by atoms with Crippen LogP contribution < -0.4 is 10.6 Å². The molecule has 0 radical (unpaired) electrons. The quantitative estimate of drug-likeness (QED) is 0.704. The van der Waals surface area contributed by atoms with Crippen LogP contribution in [0.15, 0.2) is 62.8 Å². The van der Waals surface area contributed by atoms with Gasteiger partial charge in [-0.15, -0.1) is 11.3 Å². The molecule has 1 aromatic heterocycles. The van der Waals surface area contributed by atoms with Crippen LogP contribution in [0.25, 0.3) is 0 Å². The fraction of sp³-hybridized carbons (Fsp3) is 0.238. The lowest BCUT2D eigenvalue weighted by molar-refractivity contribution is -0.116. The highest BCUT2D eigenvalue weighted by Crippen LogP contribution is 2.47.